The minimum absolute atomic E-state index is 0.112. The van der Waals surface area contributed by atoms with Gasteiger partial charge in [-0.3, -0.25) is 0 Å². The van der Waals surface area contributed by atoms with Crippen LogP contribution in [0.15, 0.2) is 18.2 Å². The minimum Gasteiger partial charge on any atom is -0.388 e. The second-order valence-electron chi connectivity index (χ2n) is 2.39. The van der Waals surface area contributed by atoms with Crippen LogP contribution >= 0.6 is 0 Å². The molecule has 1 N–H and O–H groups in total. The molecule has 0 radical (unpaired) electrons. The second-order valence-corrected chi connectivity index (χ2v) is 2.39. The SMILES string of the molecule is CNc1ccc(F)c(CC#N)c1. The number of rotatable bonds is 2. The van der Waals surface area contributed by atoms with Crippen LogP contribution in [0.5, 0.6) is 0 Å². The molecule has 0 saturated heterocycles. The summed E-state index contributed by atoms with van der Waals surface area (Å²) < 4.78 is 12.9. The largest absolute Gasteiger partial charge is 0.388 e. The van der Waals surface area contributed by atoms with E-state index in [1.165, 1.54) is 6.07 Å². The van der Waals surface area contributed by atoms with E-state index in [1.807, 2.05) is 6.07 Å². The topological polar surface area (TPSA) is 35.8 Å². The fourth-order valence-electron chi connectivity index (χ4n) is 0.951. The average molecular weight is 164 g/mol. The zero-order valence-electron chi connectivity index (χ0n) is 6.76. The molecule has 0 aliphatic rings. The van der Waals surface area contributed by atoms with Crippen molar-refractivity contribution in [3.63, 3.8) is 0 Å². The monoisotopic (exact) mass is 164 g/mol. The smallest absolute Gasteiger partial charge is 0.127 e. The summed E-state index contributed by atoms with van der Waals surface area (Å²) in [6.07, 6.45) is 0.112. The Morgan fingerprint density at radius 1 is 1.58 bits per heavy atom. The third kappa shape index (κ3) is 1.73. The van der Waals surface area contributed by atoms with E-state index in [4.69, 9.17) is 5.26 Å². The fourth-order valence-corrected chi connectivity index (χ4v) is 0.951. The minimum atomic E-state index is -0.324. The number of hydrogen-bond donors (Lipinski definition) is 1. The number of nitriles is 1. The first-order chi connectivity index (χ1) is 5.77. The van der Waals surface area contributed by atoms with Crippen molar-refractivity contribution in [3.05, 3.63) is 29.6 Å². The van der Waals surface area contributed by atoms with Gasteiger partial charge in [0.1, 0.15) is 5.82 Å². The summed E-state index contributed by atoms with van der Waals surface area (Å²) in [6, 6.07) is 6.54. The molecule has 0 heterocycles. The van der Waals surface area contributed by atoms with E-state index in [0.29, 0.717) is 5.56 Å². The van der Waals surface area contributed by atoms with Gasteiger partial charge in [0, 0.05) is 18.3 Å². The molecule has 0 amide bonds. The van der Waals surface area contributed by atoms with Gasteiger partial charge in [-0.05, 0) is 18.2 Å². The van der Waals surface area contributed by atoms with Crippen LogP contribution in [-0.4, -0.2) is 7.05 Å². The molecule has 1 aromatic rings. The second kappa shape index (κ2) is 3.72. The van der Waals surface area contributed by atoms with E-state index in [1.54, 1.807) is 19.2 Å². The Kier molecular flexibility index (Phi) is 2.65. The molecule has 1 rings (SSSR count). The highest BCUT2D eigenvalue weighted by Crippen LogP contribution is 2.14. The molecule has 3 heteroatoms. The maximum absolute atomic E-state index is 12.9. The highest BCUT2D eigenvalue weighted by Gasteiger charge is 2.01. The van der Waals surface area contributed by atoms with Crippen LogP contribution in [0.4, 0.5) is 10.1 Å². The zero-order valence-corrected chi connectivity index (χ0v) is 6.76. The molecule has 0 aliphatic heterocycles. The van der Waals surface area contributed by atoms with Gasteiger partial charge in [-0.1, -0.05) is 0 Å². The van der Waals surface area contributed by atoms with Crippen molar-refractivity contribution < 1.29 is 4.39 Å². The highest BCUT2D eigenvalue weighted by molar-refractivity contribution is 5.46. The molecule has 12 heavy (non-hydrogen) atoms. The third-order valence-corrected chi connectivity index (χ3v) is 1.60. The molecule has 0 saturated carbocycles. The van der Waals surface area contributed by atoms with E-state index in [0.717, 1.165) is 5.69 Å². The van der Waals surface area contributed by atoms with Crippen LogP contribution in [0.25, 0.3) is 0 Å². The Morgan fingerprint density at radius 2 is 2.33 bits per heavy atom. The van der Waals surface area contributed by atoms with Crippen LogP contribution in [0.2, 0.25) is 0 Å². The van der Waals surface area contributed by atoms with Crippen molar-refractivity contribution in [1.29, 1.82) is 5.26 Å². The molecule has 1 aromatic carbocycles. The number of nitrogens with zero attached hydrogens (tertiary/aromatic N) is 1. The molecule has 0 fully saturated rings. The normalized spacial score (nSPS) is 9.08. The van der Waals surface area contributed by atoms with Crippen molar-refractivity contribution in [2.24, 2.45) is 0 Å². The average Bonchev–Trinajstić information content (AvgIpc) is 2.09. The summed E-state index contributed by atoms with van der Waals surface area (Å²) in [4.78, 5) is 0. The number of hydrogen-bond acceptors (Lipinski definition) is 2. The molecule has 0 atom stereocenters. The molecular formula is C9H9FN2. The molecule has 0 unspecified atom stereocenters. The van der Waals surface area contributed by atoms with E-state index in [2.05, 4.69) is 5.32 Å². The van der Waals surface area contributed by atoms with Crippen LogP contribution < -0.4 is 5.32 Å². The van der Waals surface area contributed by atoms with Gasteiger partial charge in [-0.25, -0.2) is 4.39 Å². The van der Waals surface area contributed by atoms with Gasteiger partial charge in [0.05, 0.1) is 12.5 Å². The summed E-state index contributed by atoms with van der Waals surface area (Å²) in [6.45, 7) is 0. The Morgan fingerprint density at radius 3 is 2.92 bits per heavy atom. The van der Waals surface area contributed by atoms with Gasteiger partial charge in [0.2, 0.25) is 0 Å². The molecular weight excluding hydrogens is 155 g/mol. The summed E-state index contributed by atoms with van der Waals surface area (Å²) in [5.41, 5.74) is 1.26. The first kappa shape index (κ1) is 8.54. The summed E-state index contributed by atoms with van der Waals surface area (Å²) in [5.74, 6) is -0.324. The Balaban J connectivity index is 3.01. The lowest BCUT2D eigenvalue weighted by Crippen LogP contribution is -1.93. The van der Waals surface area contributed by atoms with Gasteiger partial charge < -0.3 is 5.32 Å². The van der Waals surface area contributed by atoms with E-state index in [9.17, 15) is 4.39 Å². The van der Waals surface area contributed by atoms with Gasteiger partial charge in [-0.15, -0.1) is 0 Å². The third-order valence-electron chi connectivity index (χ3n) is 1.60. The maximum Gasteiger partial charge on any atom is 0.127 e. The predicted molar refractivity (Wildman–Crippen MR) is 45.3 cm³/mol. The van der Waals surface area contributed by atoms with Crippen LogP contribution in [-0.2, 0) is 6.42 Å². The molecule has 0 spiro atoms. The van der Waals surface area contributed by atoms with Gasteiger partial charge in [-0.2, -0.15) is 5.26 Å². The molecule has 0 aromatic heterocycles. The fraction of sp³-hybridized carbons (Fsp3) is 0.222. The number of halogens is 1. The zero-order chi connectivity index (χ0) is 8.97. The Bertz CT molecular complexity index is 315. The highest BCUT2D eigenvalue weighted by atomic mass is 19.1. The summed E-state index contributed by atoms with van der Waals surface area (Å²) >= 11 is 0. The van der Waals surface area contributed by atoms with E-state index in [-0.39, 0.29) is 12.2 Å². The number of anilines is 1. The van der Waals surface area contributed by atoms with Crippen molar-refractivity contribution in [2.45, 2.75) is 6.42 Å². The van der Waals surface area contributed by atoms with Gasteiger partial charge in [0.15, 0.2) is 0 Å². The van der Waals surface area contributed by atoms with Gasteiger partial charge in [0.25, 0.3) is 0 Å². The first-order valence-electron chi connectivity index (χ1n) is 3.61. The molecule has 2 nitrogen and oxygen atoms in total. The summed E-state index contributed by atoms with van der Waals surface area (Å²) in [7, 11) is 1.75. The van der Waals surface area contributed by atoms with E-state index < -0.39 is 0 Å². The Hall–Kier alpha value is -1.56. The van der Waals surface area contributed by atoms with Crippen molar-refractivity contribution >= 4 is 5.69 Å². The van der Waals surface area contributed by atoms with Crippen molar-refractivity contribution in [3.8, 4) is 6.07 Å². The summed E-state index contributed by atoms with van der Waals surface area (Å²) in [5, 5.41) is 11.2. The van der Waals surface area contributed by atoms with Crippen LogP contribution in [0.3, 0.4) is 0 Å². The quantitative estimate of drug-likeness (QED) is 0.725. The van der Waals surface area contributed by atoms with Crippen molar-refractivity contribution in [2.75, 3.05) is 12.4 Å². The maximum atomic E-state index is 12.9. The molecule has 0 bridgehead atoms. The number of nitrogens with one attached hydrogen (secondary N) is 1. The lowest BCUT2D eigenvalue weighted by Gasteiger charge is -2.02. The standard InChI is InChI=1S/C9H9FN2/c1-12-8-2-3-9(10)7(6-8)4-5-11/h2-3,6,12H,4H2,1H3. The van der Waals surface area contributed by atoms with Gasteiger partial charge >= 0.3 is 0 Å². The number of benzene rings is 1. The van der Waals surface area contributed by atoms with Crippen molar-refractivity contribution in [1.82, 2.24) is 0 Å². The lowest BCUT2D eigenvalue weighted by molar-refractivity contribution is 0.615. The lowest BCUT2D eigenvalue weighted by atomic mass is 10.1. The molecule has 0 aliphatic carbocycles. The Labute approximate surface area is 70.6 Å². The predicted octanol–water partition coefficient (Wildman–Crippen LogP) is 1.93. The van der Waals surface area contributed by atoms with Crippen LogP contribution in [0.1, 0.15) is 5.56 Å². The van der Waals surface area contributed by atoms with E-state index >= 15 is 0 Å². The molecule has 62 valence electrons. The van der Waals surface area contributed by atoms with Crippen LogP contribution in [0, 0.1) is 17.1 Å². The first-order valence-corrected chi connectivity index (χ1v) is 3.61.